The zero-order valence-corrected chi connectivity index (χ0v) is 52.2. The molecule has 9 aromatic rings. The molecule has 0 radical (unpaired) electrons. The maximum absolute atomic E-state index is 15.5. The normalized spacial score (nSPS) is 13.3. The van der Waals surface area contributed by atoms with Crippen molar-refractivity contribution in [3.63, 3.8) is 0 Å². The monoisotopic (exact) mass is 1220 g/mol. The van der Waals surface area contributed by atoms with Gasteiger partial charge in [0.25, 0.3) is 23.6 Å². The summed E-state index contributed by atoms with van der Waals surface area (Å²) in [5.41, 5.74) is 3.76. The van der Waals surface area contributed by atoms with Gasteiger partial charge in [-0.05, 0) is 100 Å². The number of carbonyl (C=O) groups excluding carboxylic acids is 6. The van der Waals surface area contributed by atoms with Crippen molar-refractivity contribution in [1.29, 1.82) is 0 Å². The molecule has 88 heavy (non-hydrogen) atoms. The van der Waals surface area contributed by atoms with Crippen LogP contribution in [0.3, 0.4) is 0 Å². The number of hydrogen-bond acceptors (Lipinski definition) is 16. The largest absolute Gasteiger partial charge is 0.501 e. The number of carbonyl (C=O) groups is 6. The topological polar surface area (TPSA) is 225 Å². The molecule has 0 saturated heterocycles. The predicted molar refractivity (Wildman–Crippen MR) is 333 cm³/mol. The molecule has 0 fully saturated rings. The molecule has 6 amide bonds. The van der Waals surface area contributed by atoms with Crippen LogP contribution in [0.25, 0.3) is 43.1 Å². The van der Waals surface area contributed by atoms with Crippen molar-refractivity contribution < 1.29 is 74.3 Å². The second-order valence-electron chi connectivity index (χ2n) is 21.5. The van der Waals surface area contributed by atoms with Crippen LogP contribution in [-0.4, -0.2) is 132 Å². The summed E-state index contributed by atoms with van der Waals surface area (Å²) in [5, 5.41) is 7.73. The standard InChI is InChI=1S/C66H64N4O16Si2/c1-37-11-19-41(20-12-37)83-49-31-45-55-46(64(74)69(63(45)73)35-53(71)67-27-29-87(77-5,78-6)79-7)33-51(85-43-23-15-39(3)16-24-43)59-60-52(86-44-25-17-40(4)18-26-44)34-48-56-47(65(75)70(66(48)76)36-54(72)68-28-30-88(80-8,81-9)82-10)32-50(58(62(56)60)57(49)61(55)59)84-42-21-13-38(2)14-22-42/h11-26,31-34H,27-30,35-36H2,1-10H3,(H,67,71)(H,68,72). The summed E-state index contributed by atoms with van der Waals surface area (Å²) in [6, 6.07) is 35.6. The SMILES string of the molecule is CO[Si](CCNC(=O)CN1C(=O)c2cc(Oc3ccc(C)cc3)c3c4c(Oc5ccc(C)cc5)cc5c6c(cc(Oc7ccc(C)cc7)c(c7c(Oc8ccc(C)cc8)cc(c2c37)C1=O)c64)C(=O)N(CC(=O)NCC[Si](OC)(OC)OC)C5=O)(OC)OC. The first kappa shape index (κ1) is 60.6. The quantitative estimate of drug-likeness (QED) is 0.0248. The lowest BCUT2D eigenvalue weighted by atomic mass is 9.80. The van der Waals surface area contributed by atoms with Gasteiger partial charge in [-0.25, -0.2) is 0 Å². The zero-order chi connectivity index (χ0) is 62.3. The number of ether oxygens (including phenoxy) is 4. The molecule has 2 heterocycles. The van der Waals surface area contributed by atoms with Gasteiger partial charge in [-0.2, -0.15) is 0 Å². The molecule has 452 valence electrons. The number of imide groups is 2. The Bertz CT molecular complexity index is 3740. The van der Waals surface area contributed by atoms with Gasteiger partial charge in [0.2, 0.25) is 11.8 Å². The molecule has 11 rings (SSSR count). The Morgan fingerprint density at radius 2 is 0.580 bits per heavy atom. The molecule has 20 nitrogen and oxygen atoms in total. The molecule has 22 heteroatoms. The van der Waals surface area contributed by atoms with E-state index in [1.807, 2.05) is 76.2 Å². The van der Waals surface area contributed by atoms with E-state index in [4.69, 9.17) is 45.5 Å². The van der Waals surface area contributed by atoms with Gasteiger partial charge >= 0.3 is 17.6 Å². The van der Waals surface area contributed by atoms with Gasteiger partial charge in [0.15, 0.2) is 0 Å². The van der Waals surface area contributed by atoms with Crippen LogP contribution < -0.4 is 29.6 Å². The first-order valence-electron chi connectivity index (χ1n) is 28.3. The van der Waals surface area contributed by atoms with Crippen molar-refractivity contribution >= 4 is 96.1 Å². The van der Waals surface area contributed by atoms with Gasteiger partial charge in [0, 0.05) is 111 Å². The number of hydrogen-bond donors (Lipinski definition) is 2. The molecule has 0 spiro atoms. The van der Waals surface area contributed by atoms with E-state index in [0.717, 1.165) is 32.1 Å². The van der Waals surface area contributed by atoms with Crippen molar-refractivity contribution in [3.05, 3.63) is 166 Å². The van der Waals surface area contributed by atoms with Crippen molar-refractivity contribution in [1.82, 2.24) is 20.4 Å². The van der Waals surface area contributed by atoms with Crippen molar-refractivity contribution in [3.8, 4) is 46.0 Å². The van der Waals surface area contributed by atoms with Gasteiger partial charge in [-0.3, -0.25) is 38.6 Å². The summed E-state index contributed by atoms with van der Waals surface area (Å²) in [6.07, 6.45) is 0. The van der Waals surface area contributed by atoms with E-state index in [2.05, 4.69) is 10.6 Å². The maximum atomic E-state index is 15.5. The molecule has 0 aliphatic carbocycles. The van der Waals surface area contributed by atoms with Crippen LogP contribution in [-0.2, 0) is 36.1 Å². The second-order valence-corrected chi connectivity index (χ2v) is 27.7. The lowest BCUT2D eigenvalue weighted by Gasteiger charge is -2.32. The Morgan fingerprint density at radius 1 is 0.352 bits per heavy atom. The van der Waals surface area contributed by atoms with Crippen molar-refractivity contribution in [2.24, 2.45) is 0 Å². The zero-order valence-electron chi connectivity index (χ0n) is 50.2. The smallest absolute Gasteiger partial charge is 0.457 e. The third kappa shape index (κ3) is 11.2. The number of benzene rings is 9. The molecule has 0 atom stereocenters. The number of aryl methyl sites for hydroxylation is 4. The molecule has 0 aromatic heterocycles. The van der Waals surface area contributed by atoms with Crippen molar-refractivity contribution in [2.45, 2.75) is 39.8 Å². The number of rotatable bonds is 24. The van der Waals surface area contributed by atoms with Crippen LogP contribution in [0.5, 0.6) is 46.0 Å². The van der Waals surface area contributed by atoms with Gasteiger partial charge in [-0.1, -0.05) is 70.8 Å². The van der Waals surface area contributed by atoms with Crippen LogP contribution in [0.4, 0.5) is 0 Å². The summed E-state index contributed by atoms with van der Waals surface area (Å²) in [6.45, 7) is 6.44. The van der Waals surface area contributed by atoms with E-state index >= 15 is 19.2 Å². The van der Waals surface area contributed by atoms with E-state index < -0.39 is 66.1 Å². The van der Waals surface area contributed by atoms with Crippen LogP contribution in [0, 0.1) is 27.7 Å². The Kier molecular flexibility index (Phi) is 16.9. The summed E-state index contributed by atoms with van der Waals surface area (Å²) < 4.78 is 61.4. The van der Waals surface area contributed by atoms with Gasteiger partial charge in [-0.15, -0.1) is 0 Å². The van der Waals surface area contributed by atoms with Crippen LogP contribution in [0.1, 0.15) is 63.7 Å². The molecule has 9 aromatic carbocycles. The molecule has 2 aliphatic heterocycles. The third-order valence-corrected chi connectivity index (χ3v) is 21.5. The van der Waals surface area contributed by atoms with Crippen LogP contribution >= 0.6 is 0 Å². The average Bonchev–Trinajstić information content (AvgIpc) is 0.687. The van der Waals surface area contributed by atoms with Crippen molar-refractivity contribution in [2.75, 3.05) is 68.8 Å². The molecular weight excluding hydrogens is 1160 g/mol. The summed E-state index contributed by atoms with van der Waals surface area (Å²) >= 11 is 0. The van der Waals surface area contributed by atoms with Gasteiger partial charge in [0.1, 0.15) is 59.1 Å². The minimum atomic E-state index is -3.14. The Labute approximate surface area is 509 Å². The predicted octanol–water partition coefficient (Wildman–Crippen LogP) is 11.3. The number of amides is 6. The molecule has 2 N–H and O–H groups in total. The molecular formula is C66H64N4O16Si2. The fraction of sp³-hybridized carbons (Fsp3) is 0.242. The van der Waals surface area contributed by atoms with E-state index in [1.165, 1.54) is 66.9 Å². The minimum Gasteiger partial charge on any atom is -0.457 e. The lowest BCUT2D eigenvalue weighted by molar-refractivity contribution is -0.122. The summed E-state index contributed by atoms with van der Waals surface area (Å²) in [7, 11) is 2.47. The highest BCUT2D eigenvalue weighted by atomic mass is 28.4. The first-order valence-corrected chi connectivity index (χ1v) is 32.1. The van der Waals surface area contributed by atoms with E-state index in [-0.39, 0.29) is 92.0 Å². The highest BCUT2D eigenvalue weighted by Crippen LogP contribution is 2.58. The Hall–Kier alpha value is -9.11. The van der Waals surface area contributed by atoms with E-state index in [9.17, 15) is 9.59 Å². The minimum absolute atomic E-state index is 0.00555. The highest BCUT2D eigenvalue weighted by Gasteiger charge is 2.44. The number of nitrogens with zero attached hydrogens (tertiary/aromatic N) is 2. The lowest BCUT2D eigenvalue weighted by Crippen LogP contribution is -2.48. The second kappa shape index (κ2) is 24.6. The molecule has 2 aliphatic rings. The van der Waals surface area contributed by atoms with E-state index in [1.54, 1.807) is 48.5 Å². The third-order valence-electron chi connectivity index (χ3n) is 16.0. The maximum Gasteiger partial charge on any atom is 0.501 e. The summed E-state index contributed by atoms with van der Waals surface area (Å²) in [4.78, 5) is 91.7. The number of fused-ring (bicyclic) bond motifs is 2. The van der Waals surface area contributed by atoms with Crippen LogP contribution in [0.15, 0.2) is 121 Å². The van der Waals surface area contributed by atoms with E-state index in [0.29, 0.717) is 44.5 Å². The fourth-order valence-electron chi connectivity index (χ4n) is 11.4. The molecule has 0 saturated carbocycles. The van der Waals surface area contributed by atoms with Gasteiger partial charge in [0.05, 0.1) is 22.3 Å². The highest BCUT2D eigenvalue weighted by molar-refractivity contribution is 6.61. The Morgan fingerprint density at radius 3 is 0.795 bits per heavy atom. The molecule has 0 bridgehead atoms. The average molecular weight is 1230 g/mol. The first-order chi connectivity index (χ1) is 42.4. The Balaban J connectivity index is 1.23. The fourth-order valence-corrected chi connectivity index (χ4v) is 14.5. The van der Waals surface area contributed by atoms with Crippen LogP contribution in [0.2, 0.25) is 12.1 Å². The molecule has 0 unspecified atom stereocenters. The number of nitrogens with one attached hydrogen (secondary N) is 2. The summed E-state index contributed by atoms with van der Waals surface area (Å²) in [5.74, 6) is -2.71. The van der Waals surface area contributed by atoms with Gasteiger partial charge < -0.3 is 56.1 Å².